The molecule has 2 aromatic rings. The molecular formula is C17H19NO2S. The van der Waals surface area contributed by atoms with Crippen LogP contribution in [0.25, 0.3) is 0 Å². The van der Waals surface area contributed by atoms with Crippen molar-refractivity contribution in [3.8, 4) is 5.75 Å². The lowest BCUT2D eigenvalue weighted by atomic mass is 10.1. The number of amides is 1. The van der Waals surface area contributed by atoms with E-state index in [2.05, 4.69) is 0 Å². The normalized spacial score (nSPS) is 10.2. The van der Waals surface area contributed by atoms with Crippen LogP contribution in [-0.4, -0.2) is 32.0 Å². The van der Waals surface area contributed by atoms with E-state index in [-0.39, 0.29) is 5.91 Å². The minimum absolute atomic E-state index is 0.0318. The molecule has 21 heavy (non-hydrogen) atoms. The molecule has 0 unspecified atom stereocenters. The molecule has 0 atom stereocenters. The summed E-state index contributed by atoms with van der Waals surface area (Å²) in [5.41, 5.74) is 1.92. The summed E-state index contributed by atoms with van der Waals surface area (Å²) < 4.78 is 5.14. The number of rotatable bonds is 5. The van der Waals surface area contributed by atoms with Gasteiger partial charge in [-0.2, -0.15) is 0 Å². The Morgan fingerprint density at radius 3 is 2.19 bits per heavy atom. The number of thioether (sulfide) groups is 1. The van der Waals surface area contributed by atoms with Gasteiger partial charge in [0.2, 0.25) is 0 Å². The van der Waals surface area contributed by atoms with Gasteiger partial charge in [0.25, 0.3) is 5.91 Å². The van der Waals surface area contributed by atoms with E-state index in [4.69, 9.17) is 4.74 Å². The standard InChI is InChI=1S/C17H19NO2S/c1-18(2)17(19)14-6-4-13(5-7-14)12-21-16-10-8-15(20-3)9-11-16/h4-11H,12H2,1-3H3. The molecule has 0 aliphatic rings. The first-order chi connectivity index (χ1) is 10.1. The minimum atomic E-state index is 0.0318. The van der Waals surface area contributed by atoms with Crippen LogP contribution < -0.4 is 4.74 Å². The van der Waals surface area contributed by atoms with Gasteiger partial charge in [0, 0.05) is 30.3 Å². The highest BCUT2D eigenvalue weighted by atomic mass is 32.2. The maximum Gasteiger partial charge on any atom is 0.253 e. The Kier molecular flexibility index (Phi) is 5.28. The summed E-state index contributed by atoms with van der Waals surface area (Å²) in [6.07, 6.45) is 0. The van der Waals surface area contributed by atoms with Gasteiger partial charge in [0.1, 0.15) is 5.75 Å². The first kappa shape index (κ1) is 15.4. The summed E-state index contributed by atoms with van der Waals surface area (Å²) in [6.45, 7) is 0. The number of benzene rings is 2. The summed E-state index contributed by atoms with van der Waals surface area (Å²) >= 11 is 1.76. The largest absolute Gasteiger partial charge is 0.497 e. The molecular weight excluding hydrogens is 282 g/mol. The fraction of sp³-hybridized carbons (Fsp3) is 0.235. The lowest BCUT2D eigenvalue weighted by Gasteiger charge is -2.10. The van der Waals surface area contributed by atoms with E-state index in [9.17, 15) is 4.79 Å². The first-order valence-corrected chi connectivity index (χ1v) is 7.66. The van der Waals surface area contributed by atoms with Crippen molar-refractivity contribution in [2.24, 2.45) is 0 Å². The van der Waals surface area contributed by atoms with E-state index in [0.29, 0.717) is 0 Å². The Hall–Kier alpha value is -1.94. The van der Waals surface area contributed by atoms with Gasteiger partial charge in [-0.05, 0) is 42.0 Å². The molecule has 0 aliphatic carbocycles. The molecule has 4 heteroatoms. The monoisotopic (exact) mass is 301 g/mol. The third kappa shape index (κ3) is 4.26. The number of methoxy groups -OCH3 is 1. The molecule has 0 heterocycles. The lowest BCUT2D eigenvalue weighted by molar-refractivity contribution is 0.0827. The van der Waals surface area contributed by atoms with Crippen molar-refractivity contribution >= 4 is 17.7 Å². The number of ether oxygens (including phenoxy) is 1. The second-order valence-corrected chi connectivity index (χ2v) is 5.91. The smallest absolute Gasteiger partial charge is 0.253 e. The lowest BCUT2D eigenvalue weighted by Crippen LogP contribution is -2.21. The second kappa shape index (κ2) is 7.18. The van der Waals surface area contributed by atoms with Crippen LogP contribution in [0.2, 0.25) is 0 Å². The minimum Gasteiger partial charge on any atom is -0.497 e. The van der Waals surface area contributed by atoms with Crippen LogP contribution in [0.5, 0.6) is 5.75 Å². The van der Waals surface area contributed by atoms with Gasteiger partial charge in [-0.25, -0.2) is 0 Å². The zero-order valence-electron chi connectivity index (χ0n) is 12.5. The number of carbonyl (C=O) groups excluding carboxylic acids is 1. The molecule has 0 saturated heterocycles. The Labute approximate surface area is 129 Å². The molecule has 3 nitrogen and oxygen atoms in total. The van der Waals surface area contributed by atoms with Gasteiger partial charge in [-0.1, -0.05) is 12.1 Å². The molecule has 110 valence electrons. The SMILES string of the molecule is COc1ccc(SCc2ccc(C(=O)N(C)C)cc2)cc1. The molecule has 0 aromatic heterocycles. The van der Waals surface area contributed by atoms with Crippen LogP contribution in [-0.2, 0) is 5.75 Å². The fourth-order valence-corrected chi connectivity index (χ4v) is 2.69. The van der Waals surface area contributed by atoms with Gasteiger partial charge in [-0.3, -0.25) is 4.79 Å². The number of carbonyl (C=O) groups is 1. The van der Waals surface area contributed by atoms with Crippen LogP contribution in [0, 0.1) is 0 Å². The van der Waals surface area contributed by atoms with E-state index in [1.165, 1.54) is 10.5 Å². The summed E-state index contributed by atoms with van der Waals surface area (Å²) in [7, 11) is 5.18. The van der Waals surface area contributed by atoms with Crippen LogP contribution >= 0.6 is 11.8 Å². The zero-order chi connectivity index (χ0) is 15.2. The number of hydrogen-bond donors (Lipinski definition) is 0. The molecule has 2 rings (SSSR count). The third-order valence-electron chi connectivity index (χ3n) is 3.07. The quantitative estimate of drug-likeness (QED) is 0.789. The van der Waals surface area contributed by atoms with E-state index >= 15 is 0 Å². The summed E-state index contributed by atoms with van der Waals surface area (Å²) in [5.74, 6) is 1.78. The number of hydrogen-bond acceptors (Lipinski definition) is 3. The van der Waals surface area contributed by atoms with Gasteiger partial charge in [0.05, 0.1) is 7.11 Å². The Morgan fingerprint density at radius 1 is 1.05 bits per heavy atom. The van der Waals surface area contributed by atoms with Crippen LogP contribution in [0.1, 0.15) is 15.9 Å². The highest BCUT2D eigenvalue weighted by Crippen LogP contribution is 2.25. The molecule has 0 fully saturated rings. The van der Waals surface area contributed by atoms with Crippen molar-refractivity contribution in [2.45, 2.75) is 10.6 Å². The van der Waals surface area contributed by atoms with Crippen molar-refractivity contribution in [2.75, 3.05) is 21.2 Å². The molecule has 0 N–H and O–H groups in total. The fourth-order valence-electron chi connectivity index (χ4n) is 1.84. The van der Waals surface area contributed by atoms with Gasteiger partial charge in [0.15, 0.2) is 0 Å². The van der Waals surface area contributed by atoms with Gasteiger partial charge < -0.3 is 9.64 Å². The Bertz CT molecular complexity index is 591. The highest BCUT2D eigenvalue weighted by molar-refractivity contribution is 7.98. The predicted molar refractivity (Wildman–Crippen MR) is 87.0 cm³/mol. The first-order valence-electron chi connectivity index (χ1n) is 6.67. The summed E-state index contributed by atoms with van der Waals surface area (Å²) in [5, 5.41) is 0. The highest BCUT2D eigenvalue weighted by Gasteiger charge is 2.07. The Balaban J connectivity index is 1.95. The van der Waals surface area contributed by atoms with Crippen molar-refractivity contribution in [1.29, 1.82) is 0 Å². The molecule has 0 saturated carbocycles. The Morgan fingerprint density at radius 2 is 1.67 bits per heavy atom. The summed E-state index contributed by atoms with van der Waals surface area (Å²) in [6, 6.07) is 15.8. The molecule has 0 aliphatic heterocycles. The number of nitrogens with zero attached hydrogens (tertiary/aromatic N) is 1. The van der Waals surface area contributed by atoms with Crippen LogP contribution in [0.3, 0.4) is 0 Å². The maximum absolute atomic E-state index is 11.8. The van der Waals surface area contributed by atoms with E-state index < -0.39 is 0 Å². The molecule has 1 amide bonds. The van der Waals surface area contributed by atoms with Crippen molar-refractivity contribution in [3.63, 3.8) is 0 Å². The van der Waals surface area contributed by atoms with Crippen LogP contribution in [0.15, 0.2) is 53.4 Å². The zero-order valence-corrected chi connectivity index (χ0v) is 13.3. The van der Waals surface area contributed by atoms with Crippen molar-refractivity contribution < 1.29 is 9.53 Å². The van der Waals surface area contributed by atoms with Crippen molar-refractivity contribution in [1.82, 2.24) is 4.90 Å². The van der Waals surface area contributed by atoms with Crippen molar-refractivity contribution in [3.05, 3.63) is 59.7 Å². The maximum atomic E-state index is 11.8. The molecule has 0 spiro atoms. The van der Waals surface area contributed by atoms with E-state index in [1.807, 2.05) is 48.5 Å². The van der Waals surface area contributed by atoms with E-state index in [1.54, 1.807) is 37.9 Å². The average Bonchev–Trinajstić information content (AvgIpc) is 2.53. The average molecular weight is 301 g/mol. The molecule has 2 aromatic carbocycles. The predicted octanol–water partition coefficient (Wildman–Crippen LogP) is 3.69. The summed E-state index contributed by atoms with van der Waals surface area (Å²) in [4.78, 5) is 14.6. The van der Waals surface area contributed by atoms with Crippen LogP contribution in [0.4, 0.5) is 0 Å². The molecule has 0 radical (unpaired) electrons. The van der Waals surface area contributed by atoms with E-state index in [0.717, 1.165) is 17.1 Å². The third-order valence-corrected chi connectivity index (χ3v) is 4.16. The topological polar surface area (TPSA) is 29.5 Å². The second-order valence-electron chi connectivity index (χ2n) is 4.86. The van der Waals surface area contributed by atoms with Gasteiger partial charge >= 0.3 is 0 Å². The molecule has 0 bridgehead atoms. The van der Waals surface area contributed by atoms with Gasteiger partial charge in [-0.15, -0.1) is 11.8 Å².